The number of ether oxygens (including phenoxy) is 1. The lowest BCUT2D eigenvalue weighted by molar-refractivity contribution is -0.140. The van der Waals surface area contributed by atoms with E-state index in [9.17, 15) is 18.0 Å². The van der Waals surface area contributed by atoms with Crippen LogP contribution in [0.25, 0.3) is 0 Å². The molecule has 10 heteroatoms. The number of hydrogen-bond acceptors (Lipinski definition) is 5. The molecule has 0 spiro atoms. The molecule has 0 radical (unpaired) electrons. The van der Waals surface area contributed by atoms with Crippen LogP contribution in [0.2, 0.25) is 5.02 Å². The maximum atomic E-state index is 14.2. The highest BCUT2D eigenvalue weighted by Gasteiger charge is 2.34. The van der Waals surface area contributed by atoms with E-state index >= 15 is 0 Å². The summed E-state index contributed by atoms with van der Waals surface area (Å²) in [6, 6.07) is 17.8. The molecule has 1 N–H and O–H groups in total. The third-order valence-electron chi connectivity index (χ3n) is 6.71. The maximum Gasteiger partial charge on any atom is 0.264 e. The summed E-state index contributed by atoms with van der Waals surface area (Å²) in [7, 11) is -2.83. The third kappa shape index (κ3) is 8.01. The van der Waals surface area contributed by atoms with Gasteiger partial charge in [0.1, 0.15) is 18.3 Å². The molecule has 1 atom stereocenters. The van der Waals surface area contributed by atoms with Crippen LogP contribution in [0.1, 0.15) is 43.4 Å². The molecule has 0 aliphatic carbocycles. The number of amides is 2. The molecule has 0 aliphatic heterocycles. The van der Waals surface area contributed by atoms with Crippen molar-refractivity contribution >= 4 is 39.1 Å². The minimum atomic E-state index is -4.25. The largest absolute Gasteiger partial charge is 0.495 e. The number of halogens is 1. The molecule has 0 heterocycles. The highest BCUT2D eigenvalue weighted by molar-refractivity contribution is 7.92. The fraction of sp³-hybridized carbons (Fsp3) is 0.355. The summed E-state index contributed by atoms with van der Waals surface area (Å²) in [5, 5.41) is 3.16. The van der Waals surface area contributed by atoms with E-state index < -0.39 is 28.5 Å². The van der Waals surface area contributed by atoms with E-state index in [1.54, 1.807) is 24.3 Å². The van der Waals surface area contributed by atoms with E-state index in [4.69, 9.17) is 16.3 Å². The molecular weight excluding hydrogens is 562 g/mol. The van der Waals surface area contributed by atoms with Gasteiger partial charge in [0.05, 0.1) is 17.7 Å². The number of aryl methyl sites for hydroxylation is 2. The molecule has 8 nitrogen and oxygen atoms in total. The third-order valence-corrected chi connectivity index (χ3v) is 8.72. The van der Waals surface area contributed by atoms with Gasteiger partial charge in [-0.25, -0.2) is 8.42 Å². The SMILES string of the molecule is CCCNC(=O)[C@H](CC)N(Cc1ccc(C)cc1)C(=O)CN(c1cc(Cl)ccc1OC)S(=O)(=O)c1ccc(C)cc1. The predicted octanol–water partition coefficient (Wildman–Crippen LogP) is 5.49. The summed E-state index contributed by atoms with van der Waals surface area (Å²) >= 11 is 6.29. The first-order valence-electron chi connectivity index (χ1n) is 13.6. The fourth-order valence-electron chi connectivity index (χ4n) is 4.38. The standard InChI is InChI=1S/C31H38ClN3O5S/c1-6-18-33-31(37)27(7-2)34(20-24-12-8-22(3)9-13-24)30(36)21-35(28-19-25(32)14-17-29(28)40-5)41(38,39)26-15-10-23(4)11-16-26/h8-17,19,27H,6-7,18,20-21H2,1-5H3,(H,33,37)/t27-/m0/s1. The van der Waals surface area contributed by atoms with Crippen LogP contribution in [-0.2, 0) is 26.2 Å². The number of nitrogens with one attached hydrogen (secondary N) is 1. The number of carbonyl (C=O) groups excluding carboxylic acids is 2. The Hall–Kier alpha value is -3.56. The minimum Gasteiger partial charge on any atom is -0.495 e. The van der Waals surface area contributed by atoms with Crippen molar-refractivity contribution in [2.45, 2.75) is 58.0 Å². The Balaban J connectivity index is 2.11. The second-order valence-electron chi connectivity index (χ2n) is 9.86. The molecule has 0 unspecified atom stereocenters. The normalized spacial score (nSPS) is 12.0. The number of anilines is 1. The lowest BCUT2D eigenvalue weighted by Crippen LogP contribution is -2.52. The van der Waals surface area contributed by atoms with Gasteiger partial charge in [-0.1, -0.05) is 73.0 Å². The lowest BCUT2D eigenvalue weighted by atomic mass is 10.1. The van der Waals surface area contributed by atoms with Gasteiger partial charge >= 0.3 is 0 Å². The van der Waals surface area contributed by atoms with Crippen molar-refractivity contribution in [3.8, 4) is 5.75 Å². The van der Waals surface area contributed by atoms with E-state index in [-0.39, 0.29) is 33.8 Å². The first-order valence-corrected chi connectivity index (χ1v) is 15.4. The predicted molar refractivity (Wildman–Crippen MR) is 163 cm³/mol. The quantitative estimate of drug-likeness (QED) is 0.280. The van der Waals surface area contributed by atoms with E-state index in [0.717, 1.165) is 27.4 Å². The zero-order chi connectivity index (χ0) is 30.2. The molecule has 3 rings (SSSR count). The monoisotopic (exact) mass is 599 g/mol. The first-order chi connectivity index (χ1) is 19.5. The Morgan fingerprint density at radius 1 is 0.951 bits per heavy atom. The van der Waals surface area contributed by atoms with Crippen LogP contribution in [0, 0.1) is 13.8 Å². The van der Waals surface area contributed by atoms with Gasteiger partial charge in [0, 0.05) is 18.1 Å². The number of methoxy groups -OCH3 is 1. The van der Waals surface area contributed by atoms with E-state index in [2.05, 4.69) is 5.32 Å². The molecular formula is C31H38ClN3O5S. The number of rotatable bonds is 13. The number of nitrogens with zero attached hydrogens (tertiary/aromatic N) is 2. The lowest BCUT2D eigenvalue weighted by Gasteiger charge is -2.33. The summed E-state index contributed by atoms with van der Waals surface area (Å²) in [5.41, 5.74) is 2.88. The van der Waals surface area contributed by atoms with Crippen molar-refractivity contribution in [1.29, 1.82) is 0 Å². The summed E-state index contributed by atoms with van der Waals surface area (Å²) in [4.78, 5) is 28.8. The number of carbonyl (C=O) groups is 2. The Bertz CT molecular complexity index is 1440. The van der Waals surface area contributed by atoms with Gasteiger partial charge in [-0.05, 0) is 62.6 Å². The van der Waals surface area contributed by atoms with Gasteiger partial charge in [-0.3, -0.25) is 13.9 Å². The Kier molecular flexibility index (Phi) is 11.2. The molecule has 3 aromatic rings. The van der Waals surface area contributed by atoms with Gasteiger partial charge in [0.15, 0.2) is 0 Å². The summed E-state index contributed by atoms with van der Waals surface area (Å²) < 4.78 is 34.6. The molecule has 0 saturated heterocycles. The van der Waals surface area contributed by atoms with Gasteiger partial charge in [-0.15, -0.1) is 0 Å². The van der Waals surface area contributed by atoms with Crippen molar-refractivity contribution in [2.24, 2.45) is 0 Å². The average molecular weight is 600 g/mol. The van der Waals surface area contributed by atoms with Crippen molar-refractivity contribution in [3.05, 3.63) is 88.4 Å². The molecule has 220 valence electrons. The van der Waals surface area contributed by atoms with Crippen molar-refractivity contribution in [1.82, 2.24) is 10.2 Å². The smallest absolute Gasteiger partial charge is 0.264 e. The Morgan fingerprint density at radius 2 is 1.56 bits per heavy atom. The average Bonchev–Trinajstić information content (AvgIpc) is 2.95. The van der Waals surface area contributed by atoms with Gasteiger partial charge < -0.3 is 15.0 Å². The zero-order valence-corrected chi connectivity index (χ0v) is 25.8. The molecule has 2 amide bonds. The van der Waals surface area contributed by atoms with Gasteiger partial charge in [-0.2, -0.15) is 0 Å². The molecule has 41 heavy (non-hydrogen) atoms. The van der Waals surface area contributed by atoms with E-state index in [0.29, 0.717) is 13.0 Å². The van der Waals surface area contributed by atoms with Crippen LogP contribution in [0.4, 0.5) is 5.69 Å². The van der Waals surface area contributed by atoms with E-state index in [1.807, 2.05) is 52.0 Å². The van der Waals surface area contributed by atoms with Crippen LogP contribution < -0.4 is 14.4 Å². The number of hydrogen-bond donors (Lipinski definition) is 1. The van der Waals surface area contributed by atoms with Crippen molar-refractivity contribution < 1.29 is 22.7 Å². The Morgan fingerprint density at radius 3 is 2.12 bits per heavy atom. The fourth-order valence-corrected chi connectivity index (χ4v) is 5.97. The second-order valence-corrected chi connectivity index (χ2v) is 12.2. The maximum absolute atomic E-state index is 14.2. The summed E-state index contributed by atoms with van der Waals surface area (Å²) in [6.45, 7) is 7.62. The molecule has 0 aliphatic rings. The van der Waals surface area contributed by atoms with E-state index in [1.165, 1.54) is 30.2 Å². The highest BCUT2D eigenvalue weighted by atomic mass is 35.5. The topological polar surface area (TPSA) is 96.0 Å². The summed E-state index contributed by atoms with van der Waals surface area (Å²) in [6.07, 6.45) is 1.09. The Labute approximate surface area is 248 Å². The van der Waals surface area contributed by atoms with Crippen LogP contribution in [0.5, 0.6) is 5.75 Å². The molecule has 0 saturated carbocycles. The van der Waals surface area contributed by atoms with Crippen LogP contribution in [-0.4, -0.2) is 51.4 Å². The zero-order valence-electron chi connectivity index (χ0n) is 24.2. The second kappa shape index (κ2) is 14.4. The summed E-state index contributed by atoms with van der Waals surface area (Å²) in [5.74, 6) is -0.597. The van der Waals surface area contributed by atoms with Gasteiger partial charge in [0.2, 0.25) is 11.8 Å². The van der Waals surface area contributed by atoms with Crippen LogP contribution in [0.3, 0.4) is 0 Å². The molecule has 0 fully saturated rings. The number of sulfonamides is 1. The van der Waals surface area contributed by atoms with Gasteiger partial charge in [0.25, 0.3) is 10.0 Å². The van der Waals surface area contributed by atoms with Crippen LogP contribution >= 0.6 is 11.6 Å². The minimum absolute atomic E-state index is 0.00995. The van der Waals surface area contributed by atoms with Crippen molar-refractivity contribution in [3.63, 3.8) is 0 Å². The van der Waals surface area contributed by atoms with Crippen molar-refractivity contribution in [2.75, 3.05) is 24.5 Å². The molecule has 0 bridgehead atoms. The number of benzene rings is 3. The highest BCUT2D eigenvalue weighted by Crippen LogP contribution is 2.35. The van der Waals surface area contributed by atoms with Crippen LogP contribution in [0.15, 0.2) is 71.6 Å². The first kappa shape index (κ1) is 32.0. The molecule has 0 aromatic heterocycles. The molecule has 3 aromatic carbocycles.